The Morgan fingerprint density at radius 3 is 2.51 bits per heavy atom. The van der Waals surface area contributed by atoms with Gasteiger partial charge >= 0.3 is 0 Å². The maximum Gasteiger partial charge on any atom is 0.296 e. The molecule has 0 unspecified atom stereocenters. The third-order valence-corrected chi connectivity index (χ3v) is 6.97. The highest BCUT2D eigenvalue weighted by atomic mass is 32.1. The Bertz CT molecular complexity index is 1370. The highest BCUT2D eigenvalue weighted by Crippen LogP contribution is 2.42. The zero-order chi connectivity index (χ0) is 24.4. The summed E-state index contributed by atoms with van der Waals surface area (Å²) in [7, 11) is 0. The number of ketones is 1. The van der Waals surface area contributed by atoms with E-state index in [-0.39, 0.29) is 17.9 Å². The Morgan fingerprint density at radius 2 is 1.83 bits per heavy atom. The Kier molecular flexibility index (Phi) is 6.25. The van der Waals surface area contributed by atoms with E-state index in [1.807, 2.05) is 48.7 Å². The Hall–Kier alpha value is -4.10. The number of furan rings is 1. The van der Waals surface area contributed by atoms with Crippen molar-refractivity contribution in [3.63, 3.8) is 0 Å². The fraction of sp³-hybridized carbons (Fsp3) is 0.143. The first-order valence-corrected chi connectivity index (χ1v) is 12.0. The number of benzene rings is 2. The van der Waals surface area contributed by atoms with Gasteiger partial charge in [0, 0.05) is 10.4 Å². The number of aryl methyl sites for hydroxylation is 1. The monoisotopic (exact) mass is 485 g/mol. The maximum absolute atomic E-state index is 13.1. The minimum atomic E-state index is -0.715. The Balaban J connectivity index is 1.44. The number of hydrogen-bond acceptors (Lipinski definition) is 6. The lowest BCUT2D eigenvalue weighted by molar-refractivity contribution is -0.140. The SMILES string of the molecule is Cc1ccccc1COc1ccc(C(O)=C2C(=O)C(=O)N(Cc3ccco3)[C@@H]2c2cccs2)cc1. The van der Waals surface area contributed by atoms with Gasteiger partial charge in [-0.05, 0) is 65.9 Å². The zero-order valence-corrected chi connectivity index (χ0v) is 19.8. The van der Waals surface area contributed by atoms with Crippen molar-refractivity contribution in [2.45, 2.75) is 26.1 Å². The number of likely N-dealkylation sites (tertiary alicyclic amines) is 1. The molecule has 1 amide bonds. The lowest BCUT2D eigenvalue weighted by Gasteiger charge is -2.23. The second-order valence-electron chi connectivity index (χ2n) is 8.26. The number of rotatable bonds is 7. The van der Waals surface area contributed by atoms with E-state index in [0.29, 0.717) is 23.7 Å². The zero-order valence-electron chi connectivity index (χ0n) is 19.0. The van der Waals surface area contributed by atoms with Crippen molar-refractivity contribution >= 4 is 28.8 Å². The number of carbonyl (C=O) groups is 2. The molecule has 176 valence electrons. The van der Waals surface area contributed by atoms with Gasteiger partial charge in [0.25, 0.3) is 11.7 Å². The molecule has 4 aromatic rings. The predicted molar refractivity (Wildman–Crippen MR) is 133 cm³/mol. The number of carbonyl (C=O) groups excluding carboxylic acids is 2. The second-order valence-corrected chi connectivity index (χ2v) is 9.24. The molecule has 0 radical (unpaired) electrons. The fourth-order valence-corrected chi connectivity index (χ4v) is 5.00. The van der Waals surface area contributed by atoms with E-state index < -0.39 is 17.7 Å². The third-order valence-electron chi connectivity index (χ3n) is 6.04. The average Bonchev–Trinajstić information content (AvgIpc) is 3.63. The van der Waals surface area contributed by atoms with Crippen LogP contribution in [0.3, 0.4) is 0 Å². The van der Waals surface area contributed by atoms with E-state index in [1.165, 1.54) is 22.5 Å². The van der Waals surface area contributed by atoms with Crippen molar-refractivity contribution in [1.82, 2.24) is 4.90 Å². The molecule has 0 aliphatic carbocycles. The first-order chi connectivity index (χ1) is 17.0. The van der Waals surface area contributed by atoms with Gasteiger partial charge in [-0.2, -0.15) is 0 Å². The van der Waals surface area contributed by atoms with Crippen LogP contribution in [0.4, 0.5) is 0 Å². The van der Waals surface area contributed by atoms with Crippen molar-refractivity contribution < 1.29 is 23.8 Å². The normalized spacial score (nSPS) is 17.2. The number of ether oxygens (including phenoxy) is 1. The van der Waals surface area contributed by atoms with Gasteiger partial charge in [-0.25, -0.2) is 0 Å². The summed E-state index contributed by atoms with van der Waals surface area (Å²) < 4.78 is 11.3. The minimum absolute atomic E-state index is 0.0672. The predicted octanol–water partition coefficient (Wildman–Crippen LogP) is 5.85. The number of Topliss-reactive ketones (excluding diaryl/α,β-unsaturated/α-hetero) is 1. The van der Waals surface area contributed by atoms with Crippen molar-refractivity contribution in [3.8, 4) is 5.75 Å². The van der Waals surface area contributed by atoms with Crippen molar-refractivity contribution in [3.05, 3.63) is 117 Å². The Labute approximate surface area is 206 Å². The average molecular weight is 486 g/mol. The van der Waals surface area contributed by atoms with Gasteiger partial charge < -0.3 is 19.2 Å². The molecule has 5 rings (SSSR count). The molecule has 7 heteroatoms. The lowest BCUT2D eigenvalue weighted by Crippen LogP contribution is -2.28. The summed E-state index contributed by atoms with van der Waals surface area (Å²) in [5, 5.41) is 13.1. The summed E-state index contributed by atoms with van der Waals surface area (Å²) in [6.07, 6.45) is 1.52. The summed E-state index contributed by atoms with van der Waals surface area (Å²) in [5.74, 6) is -0.400. The summed E-state index contributed by atoms with van der Waals surface area (Å²) in [6, 6.07) is 21.4. The molecule has 1 aliphatic heterocycles. The largest absolute Gasteiger partial charge is 0.507 e. The molecular weight excluding hydrogens is 462 g/mol. The number of thiophene rings is 1. The van der Waals surface area contributed by atoms with E-state index in [1.54, 1.807) is 36.4 Å². The van der Waals surface area contributed by atoms with Crippen molar-refractivity contribution in [2.75, 3.05) is 0 Å². The minimum Gasteiger partial charge on any atom is -0.507 e. The molecule has 2 aromatic carbocycles. The second kappa shape index (κ2) is 9.64. The van der Waals surface area contributed by atoms with E-state index in [0.717, 1.165) is 16.0 Å². The van der Waals surface area contributed by atoms with Crippen molar-refractivity contribution in [2.24, 2.45) is 0 Å². The van der Waals surface area contributed by atoms with Crippen LogP contribution < -0.4 is 4.74 Å². The number of aliphatic hydroxyl groups is 1. The summed E-state index contributed by atoms with van der Waals surface area (Å²) in [4.78, 5) is 28.3. The number of aliphatic hydroxyl groups excluding tert-OH is 1. The number of hydrogen-bond donors (Lipinski definition) is 1. The molecule has 3 heterocycles. The van der Waals surface area contributed by atoms with Crippen LogP contribution in [-0.2, 0) is 22.7 Å². The molecule has 0 saturated carbocycles. The maximum atomic E-state index is 13.1. The quantitative estimate of drug-likeness (QED) is 0.202. The number of amides is 1. The molecule has 0 spiro atoms. The summed E-state index contributed by atoms with van der Waals surface area (Å²) in [5.41, 5.74) is 2.74. The van der Waals surface area contributed by atoms with Crippen LogP contribution in [0.1, 0.15) is 33.4 Å². The molecule has 1 aliphatic rings. The van der Waals surface area contributed by atoms with Crippen LogP contribution in [0.2, 0.25) is 0 Å². The molecule has 1 N–H and O–H groups in total. The van der Waals surface area contributed by atoms with Crippen LogP contribution in [0.5, 0.6) is 5.75 Å². The molecule has 1 fully saturated rings. The lowest BCUT2D eigenvalue weighted by atomic mass is 10.00. The summed E-state index contributed by atoms with van der Waals surface area (Å²) >= 11 is 1.42. The fourth-order valence-electron chi connectivity index (χ4n) is 4.15. The van der Waals surface area contributed by atoms with Crippen molar-refractivity contribution in [1.29, 1.82) is 0 Å². The molecule has 0 bridgehead atoms. The standard InChI is InChI=1S/C28H23NO5S/c1-18-6-2-3-7-20(18)17-34-21-12-10-19(11-13-21)26(30)24-25(23-9-5-15-35-23)29(28(32)27(24)31)16-22-8-4-14-33-22/h2-15,25,30H,16-17H2,1H3/t25-/m1/s1. The van der Waals surface area contributed by atoms with E-state index >= 15 is 0 Å². The van der Waals surface area contributed by atoms with Gasteiger partial charge in [0.2, 0.25) is 0 Å². The molecule has 35 heavy (non-hydrogen) atoms. The van der Waals surface area contributed by atoms with Crippen LogP contribution in [0, 0.1) is 6.92 Å². The van der Waals surface area contributed by atoms with Gasteiger partial charge in [0.05, 0.1) is 18.4 Å². The number of nitrogens with zero attached hydrogens (tertiary/aromatic N) is 1. The molecule has 1 saturated heterocycles. The smallest absolute Gasteiger partial charge is 0.296 e. The first-order valence-electron chi connectivity index (χ1n) is 11.1. The van der Waals surface area contributed by atoms with Gasteiger partial charge in [-0.15, -0.1) is 11.3 Å². The van der Waals surface area contributed by atoms with E-state index in [9.17, 15) is 14.7 Å². The summed E-state index contributed by atoms with van der Waals surface area (Å²) in [6.45, 7) is 2.59. The highest BCUT2D eigenvalue weighted by molar-refractivity contribution is 7.10. The van der Waals surface area contributed by atoms with Gasteiger partial charge in [0.1, 0.15) is 29.9 Å². The molecule has 6 nitrogen and oxygen atoms in total. The van der Waals surface area contributed by atoms with Gasteiger partial charge in [-0.3, -0.25) is 9.59 Å². The van der Waals surface area contributed by atoms with Crippen LogP contribution in [0.25, 0.3) is 5.76 Å². The topological polar surface area (TPSA) is 80.0 Å². The third kappa shape index (κ3) is 4.50. The van der Waals surface area contributed by atoms with E-state index in [2.05, 4.69) is 0 Å². The molecule has 2 aromatic heterocycles. The first kappa shape index (κ1) is 22.7. The van der Waals surface area contributed by atoms with E-state index in [4.69, 9.17) is 9.15 Å². The van der Waals surface area contributed by atoms with Gasteiger partial charge in [0.15, 0.2) is 0 Å². The van der Waals surface area contributed by atoms with Crippen LogP contribution in [-0.4, -0.2) is 21.7 Å². The van der Waals surface area contributed by atoms with Gasteiger partial charge in [-0.1, -0.05) is 30.3 Å². The van der Waals surface area contributed by atoms with Crippen LogP contribution >= 0.6 is 11.3 Å². The Morgan fingerprint density at radius 1 is 1.03 bits per heavy atom. The van der Waals surface area contributed by atoms with Crippen LogP contribution in [0.15, 0.2) is 94.4 Å². The highest BCUT2D eigenvalue weighted by Gasteiger charge is 2.46. The molecule has 1 atom stereocenters. The molecular formula is C28H23NO5S.